The molecule has 20 heavy (non-hydrogen) atoms. The number of nitriles is 1. The summed E-state index contributed by atoms with van der Waals surface area (Å²) in [7, 11) is 0. The molecule has 1 aromatic heterocycles. The molecule has 0 bridgehead atoms. The van der Waals surface area contributed by atoms with Gasteiger partial charge in [0.2, 0.25) is 0 Å². The fourth-order valence-corrected chi connectivity index (χ4v) is 3.53. The van der Waals surface area contributed by atoms with Gasteiger partial charge >= 0.3 is 0 Å². The minimum Gasteiger partial charge on any atom is -0.364 e. The molecule has 0 fully saturated rings. The summed E-state index contributed by atoms with van der Waals surface area (Å²) in [4.78, 5) is 4.29. The number of fused-ring (bicyclic) bond motifs is 4. The van der Waals surface area contributed by atoms with Crippen molar-refractivity contribution in [3.63, 3.8) is 0 Å². The Morgan fingerprint density at radius 2 is 2.35 bits per heavy atom. The van der Waals surface area contributed by atoms with Crippen molar-refractivity contribution in [2.75, 3.05) is 6.61 Å². The van der Waals surface area contributed by atoms with Gasteiger partial charge in [0.05, 0.1) is 36.5 Å². The van der Waals surface area contributed by atoms with E-state index < -0.39 is 5.60 Å². The number of hydrogen-bond acceptors (Lipinski definition) is 3. The minimum atomic E-state index is -0.408. The zero-order valence-corrected chi connectivity index (χ0v) is 11.2. The zero-order valence-electron chi connectivity index (χ0n) is 11.2. The molecule has 2 aliphatic rings. The summed E-state index contributed by atoms with van der Waals surface area (Å²) in [6.07, 6.45) is 6.73. The van der Waals surface area contributed by atoms with Crippen LogP contribution in [0.25, 0.3) is 0 Å². The number of benzene rings is 1. The third-order valence-corrected chi connectivity index (χ3v) is 4.45. The second-order valence-electron chi connectivity index (χ2n) is 5.49. The van der Waals surface area contributed by atoms with Gasteiger partial charge in [-0.2, -0.15) is 5.26 Å². The average Bonchev–Trinajstić information content (AvgIpc) is 2.97. The predicted octanol–water partition coefficient (Wildman–Crippen LogP) is 2.36. The highest BCUT2D eigenvalue weighted by molar-refractivity contribution is 5.46. The molecule has 3 heterocycles. The maximum Gasteiger partial charge on any atom is 0.135 e. The number of imidazole rings is 1. The Bertz CT molecular complexity index is 709. The standard InChI is InChI=1S/C16H15N3O/c17-9-12-2-3-13-4-7-20-16(14(13)8-12)5-1-6-19-11-18-10-15(16)19/h2-3,8,10-11H,1,4-7H2. The molecule has 1 unspecified atom stereocenters. The fraction of sp³-hybridized carbons (Fsp3) is 0.375. The van der Waals surface area contributed by atoms with Crippen molar-refractivity contribution >= 4 is 0 Å². The van der Waals surface area contributed by atoms with Gasteiger partial charge in [0, 0.05) is 6.54 Å². The lowest BCUT2D eigenvalue weighted by molar-refractivity contribution is -0.0491. The molecule has 4 rings (SSSR count). The molecular weight excluding hydrogens is 250 g/mol. The molecule has 2 aliphatic heterocycles. The van der Waals surface area contributed by atoms with Crippen LogP contribution in [0.15, 0.2) is 30.7 Å². The van der Waals surface area contributed by atoms with Crippen LogP contribution < -0.4 is 0 Å². The smallest absolute Gasteiger partial charge is 0.135 e. The summed E-state index contributed by atoms with van der Waals surface area (Å²) >= 11 is 0. The Labute approximate surface area is 117 Å². The summed E-state index contributed by atoms with van der Waals surface area (Å²) in [5.74, 6) is 0. The van der Waals surface area contributed by atoms with Crippen LogP contribution in [0.2, 0.25) is 0 Å². The van der Waals surface area contributed by atoms with Gasteiger partial charge in [-0.05, 0) is 42.5 Å². The van der Waals surface area contributed by atoms with Gasteiger partial charge in [-0.25, -0.2) is 4.98 Å². The van der Waals surface area contributed by atoms with E-state index in [2.05, 4.69) is 21.7 Å². The Kier molecular flexibility index (Phi) is 2.45. The summed E-state index contributed by atoms with van der Waals surface area (Å²) in [5.41, 5.74) is 3.87. The van der Waals surface area contributed by atoms with Crippen molar-refractivity contribution in [3.8, 4) is 6.07 Å². The van der Waals surface area contributed by atoms with E-state index in [0.29, 0.717) is 5.56 Å². The first-order valence-electron chi connectivity index (χ1n) is 7.01. The molecule has 100 valence electrons. The quantitative estimate of drug-likeness (QED) is 0.734. The Balaban J connectivity index is 1.97. The lowest BCUT2D eigenvalue weighted by Crippen LogP contribution is -2.41. The SMILES string of the molecule is N#Cc1ccc2c(c1)C1(CCCn3cncc31)OCC2. The van der Waals surface area contributed by atoms with E-state index in [-0.39, 0.29) is 0 Å². The number of ether oxygens (including phenoxy) is 1. The second-order valence-corrected chi connectivity index (χ2v) is 5.49. The lowest BCUT2D eigenvalue weighted by Gasteiger charge is -2.42. The second kappa shape index (κ2) is 4.19. The fourth-order valence-electron chi connectivity index (χ4n) is 3.53. The molecule has 0 radical (unpaired) electrons. The maximum absolute atomic E-state index is 9.17. The Hall–Kier alpha value is -2.12. The van der Waals surface area contributed by atoms with E-state index in [4.69, 9.17) is 4.74 Å². The minimum absolute atomic E-state index is 0.408. The highest BCUT2D eigenvalue weighted by Gasteiger charge is 2.43. The van der Waals surface area contributed by atoms with E-state index in [1.54, 1.807) is 0 Å². The molecule has 0 aliphatic carbocycles. The van der Waals surface area contributed by atoms with E-state index in [9.17, 15) is 5.26 Å². The molecule has 4 heteroatoms. The highest BCUT2D eigenvalue weighted by Crippen LogP contribution is 2.45. The zero-order chi connectivity index (χ0) is 13.6. The van der Waals surface area contributed by atoms with Crippen LogP contribution in [0.1, 0.15) is 35.2 Å². The van der Waals surface area contributed by atoms with E-state index >= 15 is 0 Å². The number of aryl methyl sites for hydroxylation is 1. The Morgan fingerprint density at radius 1 is 1.40 bits per heavy atom. The van der Waals surface area contributed by atoms with Gasteiger partial charge < -0.3 is 9.30 Å². The van der Waals surface area contributed by atoms with E-state index in [1.165, 1.54) is 5.56 Å². The van der Waals surface area contributed by atoms with Crippen molar-refractivity contribution in [2.45, 2.75) is 31.4 Å². The summed E-state index contributed by atoms with van der Waals surface area (Å²) in [5, 5.41) is 9.17. The van der Waals surface area contributed by atoms with Crippen molar-refractivity contribution < 1.29 is 4.74 Å². The Morgan fingerprint density at radius 3 is 3.25 bits per heavy atom. The summed E-state index contributed by atoms with van der Waals surface area (Å²) in [6, 6.07) is 8.21. The third-order valence-electron chi connectivity index (χ3n) is 4.45. The number of hydrogen-bond donors (Lipinski definition) is 0. The number of rotatable bonds is 0. The molecule has 1 aromatic carbocycles. The van der Waals surface area contributed by atoms with Crippen molar-refractivity contribution in [1.29, 1.82) is 5.26 Å². The first-order chi connectivity index (χ1) is 9.83. The summed E-state index contributed by atoms with van der Waals surface area (Å²) in [6.45, 7) is 1.72. The average molecular weight is 265 g/mol. The van der Waals surface area contributed by atoms with Crippen LogP contribution >= 0.6 is 0 Å². The molecule has 4 nitrogen and oxygen atoms in total. The monoisotopic (exact) mass is 265 g/mol. The van der Waals surface area contributed by atoms with Crippen LogP contribution in [0.3, 0.4) is 0 Å². The molecule has 1 atom stereocenters. The number of nitrogens with zero attached hydrogens (tertiary/aromatic N) is 3. The van der Waals surface area contributed by atoms with Crippen molar-refractivity contribution in [1.82, 2.24) is 9.55 Å². The predicted molar refractivity (Wildman–Crippen MR) is 73.1 cm³/mol. The van der Waals surface area contributed by atoms with Gasteiger partial charge in [-0.3, -0.25) is 0 Å². The molecule has 0 saturated carbocycles. The van der Waals surface area contributed by atoms with Gasteiger partial charge in [0.1, 0.15) is 5.60 Å². The molecule has 1 spiro atoms. The van der Waals surface area contributed by atoms with Crippen LogP contribution in [0.4, 0.5) is 0 Å². The van der Waals surface area contributed by atoms with Crippen molar-refractivity contribution in [2.24, 2.45) is 0 Å². The van der Waals surface area contributed by atoms with E-state index in [0.717, 1.165) is 43.7 Å². The van der Waals surface area contributed by atoms with Crippen LogP contribution in [-0.2, 0) is 23.3 Å². The van der Waals surface area contributed by atoms with Crippen LogP contribution in [0.5, 0.6) is 0 Å². The van der Waals surface area contributed by atoms with Crippen LogP contribution in [-0.4, -0.2) is 16.2 Å². The molecule has 0 saturated heterocycles. The van der Waals surface area contributed by atoms with Gasteiger partial charge in [0.25, 0.3) is 0 Å². The highest BCUT2D eigenvalue weighted by atomic mass is 16.5. The lowest BCUT2D eigenvalue weighted by atomic mass is 9.78. The number of aromatic nitrogens is 2. The molecule has 0 N–H and O–H groups in total. The molecule has 0 amide bonds. The first kappa shape index (κ1) is 11.7. The third kappa shape index (κ3) is 1.47. The maximum atomic E-state index is 9.17. The van der Waals surface area contributed by atoms with Gasteiger partial charge in [-0.15, -0.1) is 0 Å². The normalized spacial score (nSPS) is 23.9. The van der Waals surface area contributed by atoms with Gasteiger partial charge in [0.15, 0.2) is 0 Å². The van der Waals surface area contributed by atoms with Crippen molar-refractivity contribution in [3.05, 3.63) is 53.1 Å². The van der Waals surface area contributed by atoms with Gasteiger partial charge in [-0.1, -0.05) is 6.07 Å². The molecular formula is C16H15N3O. The van der Waals surface area contributed by atoms with Crippen LogP contribution in [0, 0.1) is 11.3 Å². The topological polar surface area (TPSA) is 50.8 Å². The largest absolute Gasteiger partial charge is 0.364 e. The first-order valence-corrected chi connectivity index (χ1v) is 7.01. The van der Waals surface area contributed by atoms with E-state index in [1.807, 2.05) is 24.7 Å². The summed E-state index contributed by atoms with van der Waals surface area (Å²) < 4.78 is 8.43. The molecule has 2 aromatic rings.